The second-order valence-corrected chi connectivity index (χ2v) is 11.0. The Morgan fingerprint density at radius 2 is 1.72 bits per heavy atom. The molecule has 2 heterocycles. The highest BCUT2D eigenvalue weighted by Gasteiger charge is 2.33. The molecule has 3 amide bonds. The molecule has 4 rings (SSSR count). The maximum Gasteiger partial charge on any atom is 0.410 e. The minimum atomic E-state index is -0.988. The number of ether oxygens (including phenoxy) is 2. The van der Waals surface area contributed by atoms with Gasteiger partial charge in [0.25, 0.3) is 5.91 Å². The molecular weight excluding hydrogens is 505 g/mol. The van der Waals surface area contributed by atoms with Crippen LogP contribution < -0.4 is 4.74 Å². The second-order valence-electron chi connectivity index (χ2n) is 11.0. The first kappa shape index (κ1) is 28.2. The molecule has 0 unspecified atom stereocenters. The van der Waals surface area contributed by atoms with Crippen molar-refractivity contribution in [1.29, 1.82) is 0 Å². The molecule has 0 aliphatic carbocycles. The van der Waals surface area contributed by atoms with Crippen molar-refractivity contribution in [3.05, 3.63) is 53.8 Å². The van der Waals surface area contributed by atoms with Crippen LogP contribution in [0.2, 0.25) is 0 Å². The SMILES string of the molecule is CC[C@H]1CN(C(=O)O)CCN1C(=O)c1ccc(O[C@H]2CCN(C(=O)OC(C)(C)C)C2)c(-c2ccc(F)cc2)c1. The van der Waals surface area contributed by atoms with Crippen LogP contribution in [0.25, 0.3) is 11.1 Å². The minimum absolute atomic E-state index is 0.196. The third-order valence-electron chi connectivity index (χ3n) is 6.96. The quantitative estimate of drug-likeness (QED) is 0.566. The monoisotopic (exact) mass is 541 g/mol. The molecule has 10 heteroatoms. The molecule has 9 nitrogen and oxygen atoms in total. The standard InChI is InChI=1S/C29H36FN3O6/c1-5-22-17-31(27(35)36)14-15-33(22)26(34)20-8-11-25(24(16-20)19-6-9-21(30)10-7-19)38-23-12-13-32(18-23)28(37)39-29(2,3)4/h6-11,16,22-23H,5,12-15,17-18H2,1-4H3,(H,35,36)/t22-,23-/m0/s1. The summed E-state index contributed by atoms with van der Waals surface area (Å²) in [6.45, 7) is 9.08. The lowest BCUT2D eigenvalue weighted by Gasteiger charge is -2.40. The number of rotatable bonds is 5. The Bertz CT molecular complexity index is 1210. The number of benzene rings is 2. The van der Waals surface area contributed by atoms with Crippen LogP contribution in [0.4, 0.5) is 14.0 Å². The van der Waals surface area contributed by atoms with Crippen LogP contribution in [-0.2, 0) is 4.74 Å². The molecule has 0 bridgehead atoms. The number of piperazine rings is 1. The van der Waals surface area contributed by atoms with E-state index in [1.807, 2.05) is 27.7 Å². The number of carbonyl (C=O) groups excluding carboxylic acids is 2. The zero-order chi connectivity index (χ0) is 28.3. The Morgan fingerprint density at radius 3 is 2.36 bits per heavy atom. The van der Waals surface area contributed by atoms with E-state index in [0.717, 1.165) is 0 Å². The number of carboxylic acid groups (broad SMARTS) is 1. The first-order valence-electron chi connectivity index (χ1n) is 13.3. The number of likely N-dealkylation sites (tertiary alicyclic amines) is 1. The number of amides is 3. The van der Waals surface area contributed by atoms with Gasteiger partial charge in [0, 0.05) is 49.8 Å². The minimum Gasteiger partial charge on any atom is -0.488 e. The predicted molar refractivity (Wildman–Crippen MR) is 143 cm³/mol. The molecule has 2 atom stereocenters. The summed E-state index contributed by atoms with van der Waals surface area (Å²) in [6.07, 6.45) is -0.405. The largest absolute Gasteiger partial charge is 0.488 e. The van der Waals surface area contributed by atoms with Crippen molar-refractivity contribution in [3.8, 4) is 16.9 Å². The van der Waals surface area contributed by atoms with Gasteiger partial charge in [-0.25, -0.2) is 14.0 Å². The van der Waals surface area contributed by atoms with Crippen LogP contribution >= 0.6 is 0 Å². The van der Waals surface area contributed by atoms with Crippen molar-refractivity contribution in [3.63, 3.8) is 0 Å². The number of nitrogens with zero attached hydrogens (tertiary/aromatic N) is 3. The maximum atomic E-state index is 13.7. The summed E-state index contributed by atoms with van der Waals surface area (Å²) in [4.78, 5) is 42.2. The van der Waals surface area contributed by atoms with Crippen molar-refractivity contribution in [2.75, 3.05) is 32.7 Å². The zero-order valence-corrected chi connectivity index (χ0v) is 22.9. The maximum absolute atomic E-state index is 13.7. The Labute approximate surface area is 228 Å². The van der Waals surface area contributed by atoms with Crippen LogP contribution in [0.5, 0.6) is 5.75 Å². The van der Waals surface area contributed by atoms with Gasteiger partial charge in [0.15, 0.2) is 0 Å². The van der Waals surface area contributed by atoms with Gasteiger partial charge in [0.1, 0.15) is 23.3 Å². The summed E-state index contributed by atoms with van der Waals surface area (Å²) < 4.78 is 25.5. The van der Waals surface area contributed by atoms with Crippen molar-refractivity contribution in [2.24, 2.45) is 0 Å². The van der Waals surface area contributed by atoms with Crippen molar-refractivity contribution in [2.45, 2.75) is 58.3 Å². The highest BCUT2D eigenvalue weighted by molar-refractivity contribution is 5.96. The number of carbonyl (C=O) groups is 3. The molecule has 2 aliphatic rings. The molecule has 2 aromatic carbocycles. The van der Waals surface area contributed by atoms with Crippen molar-refractivity contribution >= 4 is 18.1 Å². The van der Waals surface area contributed by atoms with Gasteiger partial charge < -0.3 is 29.3 Å². The summed E-state index contributed by atoms with van der Waals surface area (Å²) in [5.74, 6) is -0.0463. The van der Waals surface area contributed by atoms with Crippen LogP contribution in [-0.4, -0.2) is 88.4 Å². The van der Waals surface area contributed by atoms with E-state index in [9.17, 15) is 23.9 Å². The van der Waals surface area contributed by atoms with E-state index in [-0.39, 0.29) is 43.1 Å². The summed E-state index contributed by atoms with van der Waals surface area (Å²) in [6, 6.07) is 10.9. The van der Waals surface area contributed by atoms with Gasteiger partial charge in [0.2, 0.25) is 0 Å². The van der Waals surface area contributed by atoms with Crippen molar-refractivity contribution in [1.82, 2.24) is 14.7 Å². The van der Waals surface area contributed by atoms with E-state index in [4.69, 9.17) is 9.47 Å². The van der Waals surface area contributed by atoms with Crippen LogP contribution in [0.15, 0.2) is 42.5 Å². The van der Waals surface area contributed by atoms with E-state index in [0.29, 0.717) is 54.9 Å². The van der Waals surface area contributed by atoms with E-state index in [1.165, 1.54) is 17.0 Å². The number of hydrogen-bond acceptors (Lipinski definition) is 5. The fourth-order valence-electron chi connectivity index (χ4n) is 4.93. The molecular formula is C29H36FN3O6. The molecule has 0 radical (unpaired) electrons. The van der Waals surface area contributed by atoms with Gasteiger partial charge >= 0.3 is 12.2 Å². The summed E-state index contributed by atoms with van der Waals surface area (Å²) in [5.41, 5.74) is 1.16. The lowest BCUT2D eigenvalue weighted by atomic mass is 10.00. The normalized spacial score (nSPS) is 19.7. The van der Waals surface area contributed by atoms with Gasteiger partial charge in [-0.2, -0.15) is 0 Å². The first-order chi connectivity index (χ1) is 18.4. The molecule has 210 valence electrons. The summed E-state index contributed by atoms with van der Waals surface area (Å²) in [5, 5.41) is 9.37. The molecule has 2 aromatic rings. The second kappa shape index (κ2) is 11.5. The lowest BCUT2D eigenvalue weighted by Crippen LogP contribution is -2.56. The molecule has 2 aliphatic heterocycles. The average molecular weight is 542 g/mol. The fourth-order valence-corrected chi connectivity index (χ4v) is 4.93. The highest BCUT2D eigenvalue weighted by atomic mass is 19.1. The third kappa shape index (κ3) is 6.79. The van der Waals surface area contributed by atoms with Gasteiger partial charge in [-0.1, -0.05) is 19.1 Å². The Morgan fingerprint density at radius 1 is 1.00 bits per heavy atom. The molecule has 2 fully saturated rings. The molecule has 39 heavy (non-hydrogen) atoms. The van der Waals surface area contributed by atoms with Crippen LogP contribution in [0.1, 0.15) is 50.9 Å². The Balaban J connectivity index is 1.57. The van der Waals surface area contributed by atoms with E-state index in [2.05, 4.69) is 0 Å². The predicted octanol–water partition coefficient (Wildman–Crippen LogP) is 5.10. The summed E-state index contributed by atoms with van der Waals surface area (Å²) >= 11 is 0. The third-order valence-corrected chi connectivity index (χ3v) is 6.96. The molecule has 0 aromatic heterocycles. The summed E-state index contributed by atoms with van der Waals surface area (Å²) in [7, 11) is 0. The van der Waals surface area contributed by atoms with Gasteiger partial charge in [-0.15, -0.1) is 0 Å². The lowest BCUT2D eigenvalue weighted by molar-refractivity contribution is 0.0275. The first-order valence-corrected chi connectivity index (χ1v) is 13.3. The fraction of sp³-hybridized carbons (Fsp3) is 0.483. The molecule has 0 spiro atoms. The molecule has 1 N–H and O–H groups in total. The number of hydrogen-bond donors (Lipinski definition) is 1. The number of halogens is 1. The van der Waals surface area contributed by atoms with E-state index < -0.39 is 11.7 Å². The molecule has 2 saturated heterocycles. The van der Waals surface area contributed by atoms with Crippen molar-refractivity contribution < 1.29 is 33.4 Å². The topological polar surface area (TPSA) is 99.6 Å². The van der Waals surface area contributed by atoms with E-state index in [1.54, 1.807) is 40.1 Å². The highest BCUT2D eigenvalue weighted by Crippen LogP contribution is 2.34. The van der Waals surface area contributed by atoms with Gasteiger partial charge in [0.05, 0.1) is 6.54 Å². The van der Waals surface area contributed by atoms with Crippen LogP contribution in [0, 0.1) is 5.82 Å². The smallest absolute Gasteiger partial charge is 0.410 e. The Kier molecular flexibility index (Phi) is 8.32. The van der Waals surface area contributed by atoms with Gasteiger partial charge in [-0.3, -0.25) is 4.79 Å². The van der Waals surface area contributed by atoms with Crippen LogP contribution in [0.3, 0.4) is 0 Å². The Hall–Kier alpha value is -3.82. The molecule has 0 saturated carbocycles. The zero-order valence-electron chi connectivity index (χ0n) is 22.9. The average Bonchev–Trinajstić information content (AvgIpc) is 3.36. The van der Waals surface area contributed by atoms with E-state index >= 15 is 0 Å². The van der Waals surface area contributed by atoms with Gasteiger partial charge in [-0.05, 0) is 63.1 Å².